The number of hydrogen-bond donors (Lipinski definition) is 3. The van der Waals surface area contributed by atoms with E-state index in [1.54, 1.807) is 0 Å². The Morgan fingerprint density at radius 1 is 1.47 bits per heavy atom. The van der Waals surface area contributed by atoms with Crippen LogP contribution in [0.25, 0.3) is 0 Å². The molecule has 19 heavy (non-hydrogen) atoms. The second kappa shape index (κ2) is 6.10. The fourth-order valence-corrected chi connectivity index (χ4v) is 2.81. The maximum Gasteiger partial charge on any atom is 0.221 e. The van der Waals surface area contributed by atoms with E-state index in [9.17, 15) is 4.79 Å². The summed E-state index contributed by atoms with van der Waals surface area (Å²) < 4.78 is 0. The average Bonchev–Trinajstić information content (AvgIpc) is 2.93. The van der Waals surface area contributed by atoms with Gasteiger partial charge in [-0.3, -0.25) is 4.79 Å². The van der Waals surface area contributed by atoms with Gasteiger partial charge >= 0.3 is 0 Å². The zero-order chi connectivity index (χ0) is 13.7. The molecule has 1 aliphatic rings. The Bertz CT molecular complexity index is 398. The molecule has 0 saturated heterocycles. The van der Waals surface area contributed by atoms with Crippen LogP contribution < -0.4 is 11.1 Å². The van der Waals surface area contributed by atoms with Gasteiger partial charge in [-0.05, 0) is 31.7 Å². The van der Waals surface area contributed by atoms with E-state index < -0.39 is 0 Å². The van der Waals surface area contributed by atoms with E-state index in [0.29, 0.717) is 18.8 Å². The second-order valence-electron chi connectivity index (χ2n) is 5.50. The molecule has 1 heterocycles. The number of amides is 1. The number of carbonyl (C=O) groups excluding carboxylic acids is 1. The summed E-state index contributed by atoms with van der Waals surface area (Å²) in [5, 5.41) is 16.5. The zero-order valence-corrected chi connectivity index (χ0v) is 11.4. The molecule has 7 nitrogen and oxygen atoms in total. The normalized spacial score (nSPS) is 19.9. The minimum atomic E-state index is -0.232. The molecule has 1 saturated carbocycles. The molecule has 1 fully saturated rings. The third-order valence-corrected chi connectivity index (χ3v) is 4.01. The predicted octanol–water partition coefficient (Wildman–Crippen LogP) is 0.676. The van der Waals surface area contributed by atoms with Crippen molar-refractivity contribution >= 4 is 5.91 Å². The van der Waals surface area contributed by atoms with Crippen LogP contribution in [0.15, 0.2) is 0 Å². The molecular weight excluding hydrogens is 244 g/mol. The number of hydrogen-bond acceptors (Lipinski definition) is 5. The van der Waals surface area contributed by atoms with Gasteiger partial charge in [0, 0.05) is 6.42 Å². The first-order valence-corrected chi connectivity index (χ1v) is 6.88. The summed E-state index contributed by atoms with van der Waals surface area (Å²) in [7, 11) is 0. The van der Waals surface area contributed by atoms with E-state index in [4.69, 9.17) is 5.73 Å². The van der Waals surface area contributed by atoms with Crippen LogP contribution in [0.5, 0.6) is 0 Å². The number of aromatic amines is 1. The number of aromatic nitrogens is 4. The Labute approximate surface area is 112 Å². The van der Waals surface area contributed by atoms with Gasteiger partial charge in [0.1, 0.15) is 0 Å². The summed E-state index contributed by atoms with van der Waals surface area (Å²) in [6.07, 6.45) is 6.19. The highest BCUT2D eigenvalue weighted by Crippen LogP contribution is 2.38. The maximum absolute atomic E-state index is 12.1. The summed E-state index contributed by atoms with van der Waals surface area (Å²) >= 11 is 0. The second-order valence-corrected chi connectivity index (χ2v) is 5.50. The standard InChI is InChI=1S/C12H22N6O/c1-9(11-15-17-18-16-11)14-10(19)7-12(8-13)5-3-2-4-6-12/h9H,2-8,13H2,1H3,(H,14,19)(H,15,16,17,18). The maximum atomic E-state index is 12.1. The summed E-state index contributed by atoms with van der Waals surface area (Å²) in [4.78, 5) is 12.1. The summed E-state index contributed by atoms with van der Waals surface area (Å²) in [5.74, 6) is 0.517. The highest BCUT2D eigenvalue weighted by Gasteiger charge is 2.33. The van der Waals surface area contributed by atoms with Crippen LogP contribution in [0.3, 0.4) is 0 Å². The molecule has 0 spiro atoms. The lowest BCUT2D eigenvalue weighted by atomic mass is 9.71. The van der Waals surface area contributed by atoms with Crippen molar-refractivity contribution in [2.75, 3.05) is 6.54 Å². The summed E-state index contributed by atoms with van der Waals surface area (Å²) in [6.45, 7) is 2.43. The third kappa shape index (κ3) is 3.50. The molecule has 0 aliphatic heterocycles. The smallest absolute Gasteiger partial charge is 0.221 e. The minimum absolute atomic E-state index is 0.0146. The van der Waals surface area contributed by atoms with Crippen molar-refractivity contribution < 1.29 is 4.79 Å². The van der Waals surface area contributed by atoms with Gasteiger partial charge in [-0.25, -0.2) is 0 Å². The van der Waals surface area contributed by atoms with Crippen LogP contribution in [0.2, 0.25) is 0 Å². The van der Waals surface area contributed by atoms with E-state index in [0.717, 1.165) is 12.8 Å². The number of nitrogens with two attached hydrogens (primary N) is 1. The monoisotopic (exact) mass is 266 g/mol. The van der Waals surface area contributed by atoms with Crippen LogP contribution in [0.1, 0.15) is 57.3 Å². The molecule has 1 unspecified atom stereocenters. The molecular formula is C12H22N6O. The number of carbonyl (C=O) groups is 1. The summed E-state index contributed by atoms with van der Waals surface area (Å²) in [5.41, 5.74) is 5.88. The third-order valence-electron chi connectivity index (χ3n) is 4.01. The summed E-state index contributed by atoms with van der Waals surface area (Å²) in [6, 6.07) is -0.232. The highest BCUT2D eigenvalue weighted by molar-refractivity contribution is 5.77. The molecule has 1 atom stereocenters. The Hall–Kier alpha value is -1.50. The van der Waals surface area contributed by atoms with Crippen molar-refractivity contribution in [3.05, 3.63) is 5.82 Å². The first kappa shape index (κ1) is 13.9. The fraction of sp³-hybridized carbons (Fsp3) is 0.833. The van der Waals surface area contributed by atoms with Crippen LogP contribution in [0.4, 0.5) is 0 Å². The van der Waals surface area contributed by atoms with Crippen molar-refractivity contribution in [3.8, 4) is 0 Å². The lowest BCUT2D eigenvalue weighted by Crippen LogP contribution is -2.39. The first-order valence-electron chi connectivity index (χ1n) is 6.88. The van der Waals surface area contributed by atoms with Crippen LogP contribution in [-0.2, 0) is 4.79 Å². The van der Waals surface area contributed by atoms with Gasteiger partial charge in [0.15, 0.2) is 5.82 Å². The molecule has 7 heteroatoms. The van der Waals surface area contributed by atoms with Gasteiger partial charge in [-0.1, -0.05) is 24.5 Å². The lowest BCUT2D eigenvalue weighted by Gasteiger charge is -2.35. The number of H-pyrrole nitrogens is 1. The van der Waals surface area contributed by atoms with E-state index in [2.05, 4.69) is 25.9 Å². The van der Waals surface area contributed by atoms with E-state index >= 15 is 0 Å². The topological polar surface area (TPSA) is 110 Å². The Kier molecular flexibility index (Phi) is 4.47. The van der Waals surface area contributed by atoms with E-state index in [1.165, 1.54) is 19.3 Å². The van der Waals surface area contributed by atoms with Crippen LogP contribution >= 0.6 is 0 Å². The van der Waals surface area contributed by atoms with Crippen molar-refractivity contribution in [1.82, 2.24) is 25.9 Å². The molecule has 106 valence electrons. The molecule has 1 amide bonds. The molecule has 0 aromatic carbocycles. The van der Waals surface area contributed by atoms with Crippen molar-refractivity contribution in [2.24, 2.45) is 11.1 Å². The van der Waals surface area contributed by atoms with Gasteiger partial charge in [0.05, 0.1) is 6.04 Å². The molecule has 1 aromatic heterocycles. The Morgan fingerprint density at radius 3 is 2.79 bits per heavy atom. The number of nitrogens with one attached hydrogen (secondary N) is 2. The van der Waals surface area contributed by atoms with Crippen LogP contribution in [0, 0.1) is 5.41 Å². The van der Waals surface area contributed by atoms with Gasteiger partial charge in [-0.2, -0.15) is 5.21 Å². The molecule has 1 aromatic rings. The van der Waals surface area contributed by atoms with E-state index in [1.807, 2.05) is 6.92 Å². The fourth-order valence-electron chi connectivity index (χ4n) is 2.81. The van der Waals surface area contributed by atoms with Crippen molar-refractivity contribution in [3.63, 3.8) is 0 Å². The van der Waals surface area contributed by atoms with Gasteiger partial charge in [0.25, 0.3) is 0 Å². The van der Waals surface area contributed by atoms with Crippen molar-refractivity contribution in [1.29, 1.82) is 0 Å². The van der Waals surface area contributed by atoms with Gasteiger partial charge in [-0.15, -0.1) is 10.2 Å². The average molecular weight is 266 g/mol. The van der Waals surface area contributed by atoms with Gasteiger partial charge < -0.3 is 11.1 Å². The Balaban J connectivity index is 1.89. The SMILES string of the molecule is CC(NC(=O)CC1(CN)CCCCC1)c1nn[nH]n1. The van der Waals surface area contributed by atoms with Gasteiger partial charge in [0.2, 0.25) is 5.91 Å². The van der Waals surface area contributed by atoms with E-state index in [-0.39, 0.29) is 17.4 Å². The quantitative estimate of drug-likeness (QED) is 0.726. The Morgan fingerprint density at radius 2 is 2.21 bits per heavy atom. The zero-order valence-electron chi connectivity index (χ0n) is 11.4. The minimum Gasteiger partial charge on any atom is -0.346 e. The highest BCUT2D eigenvalue weighted by atomic mass is 16.1. The number of tetrazole rings is 1. The molecule has 0 radical (unpaired) electrons. The lowest BCUT2D eigenvalue weighted by molar-refractivity contribution is -0.124. The molecule has 1 aliphatic carbocycles. The first-order chi connectivity index (χ1) is 9.15. The predicted molar refractivity (Wildman–Crippen MR) is 69.9 cm³/mol. The molecule has 4 N–H and O–H groups in total. The largest absolute Gasteiger partial charge is 0.346 e. The molecule has 0 bridgehead atoms. The van der Waals surface area contributed by atoms with Crippen LogP contribution in [-0.4, -0.2) is 33.1 Å². The number of nitrogens with zero attached hydrogens (tertiary/aromatic N) is 3. The van der Waals surface area contributed by atoms with Crippen molar-refractivity contribution in [2.45, 2.75) is 51.5 Å². The number of rotatable bonds is 5. The molecule has 2 rings (SSSR count).